The van der Waals surface area contributed by atoms with Gasteiger partial charge in [0.05, 0.1) is 0 Å². The lowest BCUT2D eigenvalue weighted by molar-refractivity contribution is -0.143. The molecule has 0 bridgehead atoms. The minimum absolute atomic E-state index is 0.265. The maximum Gasteiger partial charge on any atom is 0.320 e. The third-order valence-corrected chi connectivity index (χ3v) is 3.90. The highest BCUT2D eigenvalue weighted by Crippen LogP contribution is 2.17. The topological polar surface area (TPSA) is 40.5 Å². The molecule has 1 aromatic rings. The van der Waals surface area contributed by atoms with Crippen molar-refractivity contribution in [1.29, 1.82) is 0 Å². The Morgan fingerprint density at radius 1 is 1.21 bits per heavy atom. The smallest absolute Gasteiger partial charge is 0.320 e. The zero-order valence-corrected chi connectivity index (χ0v) is 11.4. The highest BCUT2D eigenvalue weighted by molar-refractivity contribution is 5.73. The van der Waals surface area contributed by atoms with Gasteiger partial charge in [-0.2, -0.15) is 0 Å². The number of likely N-dealkylation sites (tertiary alicyclic amines) is 1. The molecular formula is C16H23NO2. The van der Waals surface area contributed by atoms with E-state index in [0.29, 0.717) is 0 Å². The van der Waals surface area contributed by atoms with E-state index in [-0.39, 0.29) is 6.04 Å². The summed E-state index contributed by atoms with van der Waals surface area (Å²) in [6.45, 7) is 1.83. The lowest BCUT2D eigenvalue weighted by Crippen LogP contribution is -2.41. The Bertz CT molecular complexity index is 391. The number of benzene rings is 1. The second-order valence-corrected chi connectivity index (χ2v) is 5.33. The molecule has 0 aliphatic carbocycles. The number of carboxylic acids is 1. The number of aryl methyl sites for hydroxylation is 1. The van der Waals surface area contributed by atoms with Crippen molar-refractivity contribution in [1.82, 2.24) is 4.90 Å². The molecule has 1 unspecified atom stereocenters. The number of hydrogen-bond acceptors (Lipinski definition) is 2. The molecule has 1 aliphatic heterocycles. The van der Waals surface area contributed by atoms with Crippen LogP contribution in [0.4, 0.5) is 0 Å². The van der Waals surface area contributed by atoms with E-state index in [1.807, 2.05) is 6.07 Å². The fourth-order valence-electron chi connectivity index (χ4n) is 2.85. The first-order valence-electron chi connectivity index (χ1n) is 7.28. The quantitative estimate of drug-likeness (QED) is 0.886. The van der Waals surface area contributed by atoms with Crippen molar-refractivity contribution in [2.45, 2.75) is 44.6 Å². The van der Waals surface area contributed by atoms with Gasteiger partial charge in [0, 0.05) is 0 Å². The van der Waals surface area contributed by atoms with Gasteiger partial charge in [0.25, 0.3) is 0 Å². The Balaban J connectivity index is 1.83. The molecule has 2 rings (SSSR count). The first kappa shape index (κ1) is 14.1. The fraction of sp³-hybridized carbons (Fsp3) is 0.562. The van der Waals surface area contributed by atoms with E-state index in [2.05, 4.69) is 29.2 Å². The van der Waals surface area contributed by atoms with Crippen LogP contribution in [0.25, 0.3) is 0 Å². The SMILES string of the molecule is O=C(O)C1CCCCCN1CCCc1ccccc1. The molecule has 1 fully saturated rings. The average molecular weight is 261 g/mol. The Kier molecular flexibility index (Phi) is 5.40. The molecule has 3 heteroatoms. The fourth-order valence-corrected chi connectivity index (χ4v) is 2.85. The molecule has 0 amide bonds. The number of carbonyl (C=O) groups is 1. The second kappa shape index (κ2) is 7.29. The van der Waals surface area contributed by atoms with E-state index in [1.165, 1.54) is 12.0 Å². The van der Waals surface area contributed by atoms with Crippen molar-refractivity contribution < 1.29 is 9.90 Å². The molecule has 3 nitrogen and oxygen atoms in total. The third-order valence-electron chi connectivity index (χ3n) is 3.90. The van der Waals surface area contributed by atoms with Gasteiger partial charge in [-0.15, -0.1) is 0 Å². The van der Waals surface area contributed by atoms with Gasteiger partial charge >= 0.3 is 5.97 Å². The van der Waals surface area contributed by atoms with Gasteiger partial charge in [0.2, 0.25) is 0 Å². The zero-order valence-electron chi connectivity index (χ0n) is 11.4. The Labute approximate surface area is 115 Å². The minimum atomic E-state index is -0.651. The molecule has 1 atom stereocenters. The largest absolute Gasteiger partial charge is 0.480 e. The number of rotatable bonds is 5. The predicted octanol–water partition coefficient (Wildman–Crippen LogP) is 2.95. The summed E-state index contributed by atoms with van der Waals surface area (Å²) < 4.78 is 0. The van der Waals surface area contributed by atoms with E-state index in [4.69, 9.17) is 0 Å². The third kappa shape index (κ3) is 4.35. The van der Waals surface area contributed by atoms with Gasteiger partial charge in [0.15, 0.2) is 0 Å². The standard InChI is InChI=1S/C16H23NO2/c18-16(19)15-11-5-2-6-12-17(15)13-7-10-14-8-3-1-4-9-14/h1,3-4,8-9,15H,2,5-7,10-13H2,(H,18,19). The van der Waals surface area contributed by atoms with Crippen LogP contribution in [0.5, 0.6) is 0 Å². The normalized spacial score (nSPS) is 20.9. The van der Waals surface area contributed by atoms with Crippen molar-refractivity contribution >= 4 is 5.97 Å². The Hall–Kier alpha value is -1.35. The molecule has 1 N–H and O–H groups in total. The van der Waals surface area contributed by atoms with Gasteiger partial charge in [-0.3, -0.25) is 9.69 Å². The number of aliphatic carboxylic acids is 1. The molecule has 0 spiro atoms. The second-order valence-electron chi connectivity index (χ2n) is 5.33. The lowest BCUT2D eigenvalue weighted by atomic mass is 10.1. The van der Waals surface area contributed by atoms with Crippen LogP contribution in [0.3, 0.4) is 0 Å². The van der Waals surface area contributed by atoms with E-state index >= 15 is 0 Å². The maximum absolute atomic E-state index is 11.3. The van der Waals surface area contributed by atoms with Crippen LogP contribution >= 0.6 is 0 Å². The molecule has 1 heterocycles. The monoisotopic (exact) mass is 261 g/mol. The van der Waals surface area contributed by atoms with Crippen LogP contribution in [-0.4, -0.2) is 35.1 Å². The molecule has 1 aromatic carbocycles. The van der Waals surface area contributed by atoms with Crippen molar-refractivity contribution in [3.63, 3.8) is 0 Å². The van der Waals surface area contributed by atoms with Gasteiger partial charge in [0.1, 0.15) is 6.04 Å². The lowest BCUT2D eigenvalue weighted by Gasteiger charge is -2.26. The molecule has 1 saturated heterocycles. The summed E-state index contributed by atoms with van der Waals surface area (Å²) in [5.74, 6) is -0.651. The molecule has 0 aromatic heterocycles. The summed E-state index contributed by atoms with van der Waals surface area (Å²) in [6.07, 6.45) is 6.22. The molecule has 19 heavy (non-hydrogen) atoms. The summed E-state index contributed by atoms with van der Waals surface area (Å²) in [5.41, 5.74) is 1.34. The first-order valence-corrected chi connectivity index (χ1v) is 7.28. The molecule has 0 radical (unpaired) electrons. The van der Waals surface area contributed by atoms with Crippen molar-refractivity contribution in [2.24, 2.45) is 0 Å². The van der Waals surface area contributed by atoms with E-state index in [9.17, 15) is 9.90 Å². The van der Waals surface area contributed by atoms with Crippen LogP contribution in [0.1, 0.15) is 37.7 Å². The van der Waals surface area contributed by atoms with Gasteiger partial charge < -0.3 is 5.11 Å². The first-order chi connectivity index (χ1) is 9.27. The highest BCUT2D eigenvalue weighted by Gasteiger charge is 2.26. The Morgan fingerprint density at radius 3 is 2.74 bits per heavy atom. The van der Waals surface area contributed by atoms with Crippen molar-refractivity contribution in [3.8, 4) is 0 Å². The van der Waals surface area contributed by atoms with Gasteiger partial charge in [-0.05, 0) is 44.3 Å². The number of carboxylic acid groups (broad SMARTS) is 1. The van der Waals surface area contributed by atoms with Crippen LogP contribution in [0, 0.1) is 0 Å². The summed E-state index contributed by atoms with van der Waals surface area (Å²) in [4.78, 5) is 13.5. The maximum atomic E-state index is 11.3. The van der Waals surface area contributed by atoms with Crippen molar-refractivity contribution in [2.75, 3.05) is 13.1 Å². The summed E-state index contributed by atoms with van der Waals surface area (Å²) in [5, 5.41) is 9.31. The summed E-state index contributed by atoms with van der Waals surface area (Å²) in [6, 6.07) is 10.1. The van der Waals surface area contributed by atoms with Crippen LogP contribution in [0.15, 0.2) is 30.3 Å². The predicted molar refractivity (Wildman–Crippen MR) is 76.2 cm³/mol. The number of nitrogens with zero attached hydrogens (tertiary/aromatic N) is 1. The van der Waals surface area contributed by atoms with Gasteiger partial charge in [-0.25, -0.2) is 0 Å². The molecular weight excluding hydrogens is 238 g/mol. The average Bonchev–Trinajstić information content (AvgIpc) is 2.65. The highest BCUT2D eigenvalue weighted by atomic mass is 16.4. The van der Waals surface area contributed by atoms with Gasteiger partial charge in [-0.1, -0.05) is 43.2 Å². The van der Waals surface area contributed by atoms with E-state index in [0.717, 1.165) is 45.2 Å². The molecule has 104 valence electrons. The molecule has 1 aliphatic rings. The Morgan fingerprint density at radius 2 is 2.00 bits per heavy atom. The van der Waals surface area contributed by atoms with Crippen LogP contribution < -0.4 is 0 Å². The summed E-state index contributed by atoms with van der Waals surface area (Å²) in [7, 11) is 0. The molecule has 0 saturated carbocycles. The van der Waals surface area contributed by atoms with E-state index in [1.54, 1.807) is 0 Å². The number of hydrogen-bond donors (Lipinski definition) is 1. The zero-order chi connectivity index (χ0) is 13.5. The van der Waals surface area contributed by atoms with Crippen LogP contribution in [0.2, 0.25) is 0 Å². The van der Waals surface area contributed by atoms with E-state index < -0.39 is 5.97 Å². The minimum Gasteiger partial charge on any atom is -0.480 e. The van der Waals surface area contributed by atoms with Crippen LogP contribution in [-0.2, 0) is 11.2 Å². The summed E-state index contributed by atoms with van der Waals surface area (Å²) >= 11 is 0. The van der Waals surface area contributed by atoms with Crippen molar-refractivity contribution in [3.05, 3.63) is 35.9 Å².